The Hall–Kier alpha value is 4.21. The molecular formula is C14H16I3S8-. The molecule has 25 heavy (non-hydrogen) atoms. The van der Waals surface area contributed by atoms with Crippen LogP contribution in [0.2, 0.25) is 0 Å². The molecule has 0 saturated carbocycles. The Balaban J connectivity index is 0.000000569. The summed E-state index contributed by atoms with van der Waals surface area (Å²) < 4.78 is 9.26. The number of rotatable bonds is 0. The van der Waals surface area contributed by atoms with Crippen molar-refractivity contribution in [2.75, 3.05) is 0 Å². The Kier molecular flexibility index (Phi) is 10.7. The summed E-state index contributed by atoms with van der Waals surface area (Å²) in [5, 5.41) is 2.90. The van der Waals surface area contributed by atoms with E-state index in [0.717, 1.165) is 21.0 Å². The molecule has 0 aliphatic carbocycles. The van der Waals surface area contributed by atoms with Crippen LogP contribution in [0.3, 0.4) is 0 Å². The molecule has 4 unspecified atom stereocenters. The molecule has 11 heteroatoms. The maximum absolute atomic E-state index is 2.39. The average Bonchev–Trinajstić information content (AvgIpc) is 3.13. The van der Waals surface area contributed by atoms with Crippen molar-refractivity contribution in [3.05, 3.63) is 25.4 Å². The van der Waals surface area contributed by atoms with Gasteiger partial charge in [-0.05, 0) is 0 Å². The van der Waals surface area contributed by atoms with Gasteiger partial charge in [-0.25, -0.2) is 0 Å². The fraction of sp³-hybridized carbons (Fsp3) is 0.571. The van der Waals surface area contributed by atoms with Gasteiger partial charge in [0.15, 0.2) is 0 Å². The summed E-state index contributed by atoms with van der Waals surface area (Å²) in [4.78, 5) is 0. The Labute approximate surface area is 214 Å². The third-order valence-electron chi connectivity index (χ3n) is 3.74. The second-order valence-corrected chi connectivity index (χ2v) is 32.9. The summed E-state index contributed by atoms with van der Waals surface area (Å²) in [6.07, 6.45) is 0. The normalized spacial score (nSPS) is 35.0. The van der Waals surface area contributed by atoms with E-state index >= 15 is 0 Å². The quantitative estimate of drug-likeness (QED) is 0.248. The second-order valence-electron chi connectivity index (χ2n) is 5.48. The Morgan fingerprint density at radius 1 is 0.520 bits per heavy atom. The van der Waals surface area contributed by atoms with Crippen molar-refractivity contribution in [3.63, 3.8) is 0 Å². The van der Waals surface area contributed by atoms with E-state index in [1.807, 2.05) is 47.0 Å². The monoisotopic (exact) mass is 821 g/mol. The van der Waals surface area contributed by atoms with Gasteiger partial charge in [-0.2, -0.15) is 0 Å². The predicted octanol–water partition coefficient (Wildman–Crippen LogP) is 6.62. The van der Waals surface area contributed by atoms with Gasteiger partial charge in [0.25, 0.3) is 0 Å². The van der Waals surface area contributed by atoms with Gasteiger partial charge >= 0.3 is 50.5 Å². The van der Waals surface area contributed by atoms with Crippen molar-refractivity contribution in [1.82, 2.24) is 0 Å². The van der Waals surface area contributed by atoms with Gasteiger partial charge < -0.3 is 0 Å². The first kappa shape index (κ1) is 23.9. The van der Waals surface area contributed by atoms with Crippen LogP contribution in [-0.2, 0) is 0 Å². The molecule has 0 aromatic rings. The van der Waals surface area contributed by atoms with Crippen LogP contribution in [0, 0.1) is 0 Å². The zero-order valence-corrected chi connectivity index (χ0v) is 26.7. The molecule has 4 aliphatic rings. The van der Waals surface area contributed by atoms with Gasteiger partial charge in [0, 0.05) is 21.0 Å². The van der Waals surface area contributed by atoms with E-state index in [9.17, 15) is 0 Å². The fourth-order valence-electron chi connectivity index (χ4n) is 2.06. The summed E-state index contributed by atoms with van der Waals surface area (Å²) in [7, 11) is 0. The van der Waals surface area contributed by atoms with E-state index in [1.165, 1.54) is 8.47 Å². The summed E-state index contributed by atoms with van der Waals surface area (Å²) >= 11 is 21.7. The topological polar surface area (TPSA) is 0 Å². The molecule has 4 atom stereocenters. The molecule has 0 saturated heterocycles. The van der Waals surface area contributed by atoms with Crippen molar-refractivity contribution < 1.29 is 13.3 Å². The first-order valence-corrected chi connectivity index (χ1v) is 26.8. The van der Waals surface area contributed by atoms with Crippen LogP contribution in [0.15, 0.2) is 25.4 Å². The summed E-state index contributed by atoms with van der Waals surface area (Å²) in [5.41, 5.74) is 0. The molecule has 0 spiro atoms. The molecule has 0 nitrogen and oxygen atoms in total. The molecule has 0 N–H and O–H groups in total. The van der Waals surface area contributed by atoms with E-state index in [0.29, 0.717) is 13.3 Å². The minimum atomic E-state index is 0.530. The zero-order valence-electron chi connectivity index (χ0n) is 13.7. The number of hydrogen-bond donors (Lipinski definition) is 0. The van der Waals surface area contributed by atoms with Gasteiger partial charge in [0.1, 0.15) is 0 Å². The average molecular weight is 822 g/mol. The van der Waals surface area contributed by atoms with Crippen molar-refractivity contribution >= 4 is 131 Å². The standard InChI is InChI=1S/C14H16S8.I3/c1-5-6(2)16-10-9(15-5)19-13(20-10)14-21-11-12(22-14)18-8(4)7(3)17-11;1-3-2/h5-8H,1-4H3;/q;-1. The van der Waals surface area contributed by atoms with E-state index in [4.69, 9.17) is 0 Å². The van der Waals surface area contributed by atoms with E-state index in [1.54, 1.807) is 16.9 Å². The minimum absolute atomic E-state index is 0.530. The third kappa shape index (κ3) is 6.13. The van der Waals surface area contributed by atoms with Crippen LogP contribution in [0.1, 0.15) is 27.7 Å². The number of hydrogen-bond acceptors (Lipinski definition) is 8. The van der Waals surface area contributed by atoms with Crippen LogP contribution in [0.4, 0.5) is 0 Å². The summed E-state index contributed by atoms with van der Waals surface area (Å²) in [6, 6.07) is 0. The van der Waals surface area contributed by atoms with E-state index in [-0.39, 0.29) is 0 Å². The van der Waals surface area contributed by atoms with Crippen LogP contribution in [0.25, 0.3) is 0 Å². The van der Waals surface area contributed by atoms with Crippen LogP contribution in [0.5, 0.6) is 0 Å². The molecule has 4 heterocycles. The van der Waals surface area contributed by atoms with Gasteiger partial charge in [0.2, 0.25) is 0 Å². The Morgan fingerprint density at radius 2 is 0.720 bits per heavy atom. The fourth-order valence-corrected chi connectivity index (χ4v) is 15.3. The molecule has 142 valence electrons. The van der Waals surface area contributed by atoms with Gasteiger partial charge in [-0.1, -0.05) is 74.7 Å². The van der Waals surface area contributed by atoms with Crippen LogP contribution < -0.4 is 13.3 Å². The Bertz CT molecular complexity index is 532. The van der Waals surface area contributed by atoms with E-state index in [2.05, 4.69) is 112 Å². The molecule has 0 bridgehead atoms. The molecular weight excluding hydrogens is 805 g/mol. The predicted molar refractivity (Wildman–Crippen MR) is 148 cm³/mol. The van der Waals surface area contributed by atoms with Crippen molar-refractivity contribution in [2.24, 2.45) is 0 Å². The summed E-state index contributed by atoms with van der Waals surface area (Å²) in [5.74, 6) is 0. The van der Waals surface area contributed by atoms with Gasteiger partial charge in [-0.15, -0.1) is 47.0 Å². The second kappa shape index (κ2) is 11.2. The van der Waals surface area contributed by atoms with Crippen LogP contribution >= 0.6 is 131 Å². The molecule has 4 aliphatic heterocycles. The molecule has 0 aromatic heterocycles. The maximum atomic E-state index is 2.39. The van der Waals surface area contributed by atoms with Crippen LogP contribution in [-0.4, -0.2) is 21.0 Å². The molecule has 0 aromatic carbocycles. The SMILES string of the molecule is CC1SC2=C(SC(=C3SC4=C(S3)SC(C)C(C)S4)S2)SC1C.I[I-]I. The summed E-state index contributed by atoms with van der Waals surface area (Å²) in [6.45, 7) is 9.44. The van der Waals surface area contributed by atoms with Crippen molar-refractivity contribution in [3.8, 4) is 0 Å². The van der Waals surface area contributed by atoms with Gasteiger partial charge in [0.05, 0.1) is 25.4 Å². The van der Waals surface area contributed by atoms with Crippen molar-refractivity contribution in [2.45, 2.75) is 48.7 Å². The first-order valence-electron chi connectivity index (χ1n) is 7.40. The third-order valence-corrected chi connectivity index (χ3v) is 16.7. The van der Waals surface area contributed by atoms with E-state index < -0.39 is 0 Å². The first-order chi connectivity index (χ1) is 11.9. The molecule has 0 amide bonds. The zero-order chi connectivity index (χ0) is 18.1. The Morgan fingerprint density at radius 3 is 0.920 bits per heavy atom. The molecule has 4 rings (SSSR count). The molecule has 0 radical (unpaired) electrons. The number of thioether (sulfide) groups is 8. The molecule has 0 fully saturated rings. The number of halogens is 3. The van der Waals surface area contributed by atoms with Gasteiger partial charge in [-0.3, -0.25) is 0 Å². The van der Waals surface area contributed by atoms with Crippen molar-refractivity contribution in [1.29, 1.82) is 0 Å².